The topological polar surface area (TPSA) is 174 Å². The van der Waals surface area contributed by atoms with Gasteiger partial charge < -0.3 is 22.8 Å². The molecule has 0 amide bonds. The Morgan fingerprint density at radius 3 is 1.67 bits per heavy atom. The van der Waals surface area contributed by atoms with E-state index in [2.05, 4.69) is 11.5 Å². The smallest absolute Gasteiger partial charge is 0.291 e. The van der Waals surface area contributed by atoms with E-state index >= 15 is 0 Å². The highest BCUT2D eigenvalue weighted by molar-refractivity contribution is 5.71. The van der Waals surface area contributed by atoms with E-state index in [1.54, 1.807) is 0 Å². The molecule has 0 heterocycles. The van der Waals surface area contributed by atoms with Crippen molar-refractivity contribution in [2.75, 3.05) is 0 Å². The van der Waals surface area contributed by atoms with E-state index < -0.39 is 5.09 Å². The Balaban J connectivity index is -0.0000000720. The maximum Gasteiger partial charge on any atom is 0.291 e. The second kappa shape index (κ2) is 9.66. The van der Waals surface area contributed by atoms with Crippen LogP contribution in [-0.2, 0) is 0 Å². The fraction of sp³-hybridized carbons (Fsp3) is 0. The summed E-state index contributed by atoms with van der Waals surface area (Å²) in [5.74, 6) is -0.333. The van der Waals surface area contributed by atoms with E-state index in [0.29, 0.717) is 0 Å². The normalized spacial score (nSPS) is 5.33. The minimum Gasteiger partial charge on any atom is -0.370 e. The van der Waals surface area contributed by atoms with Gasteiger partial charge in [-0.05, 0) is 0 Å². The van der Waals surface area contributed by atoms with Gasteiger partial charge in [-0.25, -0.2) is 0 Å². The van der Waals surface area contributed by atoms with Gasteiger partial charge in [0, 0.05) is 0 Å². The van der Waals surface area contributed by atoms with Crippen molar-refractivity contribution in [2.45, 2.75) is 0 Å². The van der Waals surface area contributed by atoms with Crippen LogP contribution in [0.15, 0.2) is 0 Å². The quantitative estimate of drug-likeness (QED) is 0.120. The van der Waals surface area contributed by atoms with Gasteiger partial charge in [-0.2, -0.15) is 0 Å². The van der Waals surface area contributed by atoms with Crippen LogP contribution in [0.5, 0.6) is 0 Å². The summed E-state index contributed by atoms with van der Waals surface area (Å²) in [6, 6.07) is 0. The Hall–Kier alpha value is -1.57. The predicted molar refractivity (Wildman–Crippen MR) is 29.9 cm³/mol. The predicted octanol–water partition coefficient (Wildman–Crippen LogP) is -1.35. The number of nitrogens with one attached hydrogen (secondary N) is 1. The van der Waals surface area contributed by atoms with Crippen LogP contribution in [-0.4, -0.2) is 16.3 Å². The first-order valence-electron chi connectivity index (χ1n) is 1.39. The summed E-state index contributed by atoms with van der Waals surface area (Å²) in [7, 11) is 0. The van der Waals surface area contributed by atoms with E-state index in [-0.39, 0.29) is 12.1 Å². The molecular weight excluding hydrogens is 130 g/mol. The van der Waals surface area contributed by atoms with E-state index in [4.69, 9.17) is 20.7 Å². The molecule has 8 heteroatoms. The molecule has 56 valence electrons. The number of nitrogens with zero attached hydrogens (tertiary/aromatic N) is 1. The Kier molecular flexibility index (Phi) is 16.8. The molecule has 0 radical (unpaired) electrons. The molecule has 0 aliphatic heterocycles. The first kappa shape index (κ1) is 15.7. The second-order valence-corrected chi connectivity index (χ2v) is 0.693. The molecule has 0 spiro atoms. The summed E-state index contributed by atoms with van der Waals surface area (Å²) < 4.78 is 0. The molecule has 0 saturated carbocycles. The number of guanidine groups is 1. The first-order chi connectivity index (χ1) is 3.46. The van der Waals surface area contributed by atoms with Gasteiger partial charge in [0.15, 0.2) is 5.96 Å². The van der Waals surface area contributed by atoms with Gasteiger partial charge in [0.1, 0.15) is 0 Å². The lowest BCUT2D eigenvalue weighted by molar-refractivity contribution is -0.742. The SMILES string of the molecule is N.N=C(N)N.O=[N+]([O-])O. The molecule has 0 aliphatic carbocycles. The summed E-state index contributed by atoms with van der Waals surface area (Å²) in [5, 5.41) is 19.7. The zero-order valence-electron chi connectivity index (χ0n) is 4.57. The van der Waals surface area contributed by atoms with Crippen molar-refractivity contribution in [2.24, 2.45) is 11.5 Å². The van der Waals surface area contributed by atoms with Crippen LogP contribution in [0.3, 0.4) is 0 Å². The molecule has 8 nitrogen and oxygen atoms in total. The fourth-order valence-corrected chi connectivity index (χ4v) is 0. The molecule has 0 aromatic rings. The minimum absolute atomic E-state index is 0. The Labute approximate surface area is 50.6 Å². The highest BCUT2D eigenvalue weighted by Crippen LogP contribution is 1.38. The second-order valence-electron chi connectivity index (χ2n) is 0.693. The molecule has 0 aromatic carbocycles. The van der Waals surface area contributed by atoms with Crippen molar-refractivity contribution >= 4 is 5.96 Å². The van der Waals surface area contributed by atoms with Crippen LogP contribution in [0.2, 0.25) is 0 Å². The molecule has 0 saturated heterocycles. The molecule has 0 atom stereocenters. The Bertz CT molecular complexity index is 70.2. The third kappa shape index (κ3) is 51.2. The third-order valence-corrected chi connectivity index (χ3v) is 0. The summed E-state index contributed by atoms with van der Waals surface area (Å²) in [6.45, 7) is 0. The van der Waals surface area contributed by atoms with Gasteiger partial charge in [-0.3, -0.25) is 5.41 Å². The molecule has 0 unspecified atom stereocenters. The average molecular weight is 139 g/mol. The summed E-state index contributed by atoms with van der Waals surface area (Å²) >= 11 is 0. The van der Waals surface area contributed by atoms with E-state index in [9.17, 15) is 0 Å². The first-order valence-corrected chi connectivity index (χ1v) is 1.39. The van der Waals surface area contributed by atoms with Gasteiger partial charge in [0.2, 0.25) is 0 Å². The van der Waals surface area contributed by atoms with Crippen LogP contribution in [0, 0.1) is 15.5 Å². The van der Waals surface area contributed by atoms with Gasteiger partial charge in [-0.15, -0.1) is 10.1 Å². The van der Waals surface area contributed by atoms with Crippen LogP contribution in [0.1, 0.15) is 0 Å². The van der Waals surface area contributed by atoms with Gasteiger partial charge in [0.05, 0.1) is 0 Å². The zero-order valence-corrected chi connectivity index (χ0v) is 4.57. The molecule has 0 aromatic heterocycles. The van der Waals surface area contributed by atoms with E-state index in [1.807, 2.05) is 0 Å². The van der Waals surface area contributed by atoms with E-state index in [1.165, 1.54) is 0 Å². The molecule has 0 bridgehead atoms. The molecule has 0 aliphatic rings. The monoisotopic (exact) mass is 139 g/mol. The maximum absolute atomic E-state index is 8.36. The molecule has 9 heavy (non-hydrogen) atoms. The number of hydrogen-bond donors (Lipinski definition) is 5. The molecular formula is CH9N5O3. The summed E-state index contributed by atoms with van der Waals surface area (Å²) in [5.41, 5.74) is 8.94. The highest BCUT2D eigenvalue weighted by atomic mass is 16.9. The average Bonchev–Trinajstić information content (AvgIpc) is 1.25. The third-order valence-electron chi connectivity index (χ3n) is 0. The van der Waals surface area contributed by atoms with Gasteiger partial charge in [-0.1, -0.05) is 0 Å². The lowest BCUT2D eigenvalue weighted by Crippen LogP contribution is -2.20. The van der Waals surface area contributed by atoms with Crippen LogP contribution in [0.25, 0.3) is 0 Å². The lowest BCUT2D eigenvalue weighted by Gasteiger charge is -1.69. The lowest BCUT2D eigenvalue weighted by atomic mass is 11.1. The standard InChI is InChI=1S/CH5N3.HNO3.H3N/c2*2-1(3)4;/h(H5,2,3,4);(H,2,3,4);1H3. The zero-order chi connectivity index (χ0) is 7.15. The van der Waals surface area contributed by atoms with Crippen molar-refractivity contribution in [1.29, 1.82) is 5.41 Å². The van der Waals surface area contributed by atoms with Crippen molar-refractivity contribution < 1.29 is 10.3 Å². The maximum atomic E-state index is 8.36. The van der Waals surface area contributed by atoms with Gasteiger partial charge in [0.25, 0.3) is 5.09 Å². The summed E-state index contributed by atoms with van der Waals surface area (Å²) in [4.78, 5) is 8.36. The number of nitrogens with two attached hydrogens (primary N) is 2. The molecule has 0 rings (SSSR count). The Morgan fingerprint density at radius 2 is 1.67 bits per heavy atom. The number of hydrogen-bond acceptors (Lipinski definition) is 4. The molecule has 9 N–H and O–H groups in total. The van der Waals surface area contributed by atoms with Crippen LogP contribution in [0.4, 0.5) is 0 Å². The largest absolute Gasteiger partial charge is 0.370 e. The fourth-order valence-electron chi connectivity index (χ4n) is 0. The highest BCUT2D eigenvalue weighted by Gasteiger charge is 1.65. The van der Waals surface area contributed by atoms with Crippen molar-refractivity contribution in [1.82, 2.24) is 6.15 Å². The van der Waals surface area contributed by atoms with Crippen molar-refractivity contribution in [3.63, 3.8) is 0 Å². The van der Waals surface area contributed by atoms with Crippen molar-refractivity contribution in [3.05, 3.63) is 10.1 Å². The Morgan fingerprint density at radius 1 is 1.67 bits per heavy atom. The van der Waals surface area contributed by atoms with Crippen LogP contribution < -0.4 is 17.6 Å². The number of rotatable bonds is 0. The van der Waals surface area contributed by atoms with Crippen LogP contribution >= 0.6 is 0 Å². The van der Waals surface area contributed by atoms with E-state index in [0.717, 1.165) is 0 Å². The van der Waals surface area contributed by atoms with Gasteiger partial charge >= 0.3 is 0 Å². The molecule has 0 fully saturated rings. The summed E-state index contributed by atoms with van der Waals surface area (Å²) in [6.07, 6.45) is 0. The van der Waals surface area contributed by atoms with Crippen molar-refractivity contribution in [3.8, 4) is 0 Å². The minimum atomic E-state index is -1.50.